The first-order valence-electron chi connectivity index (χ1n) is 10.8. The fraction of sp³-hybridized carbons (Fsp3) is 0.458. The fourth-order valence-corrected chi connectivity index (χ4v) is 5.10. The molecule has 31 heavy (non-hydrogen) atoms. The third kappa shape index (κ3) is 6.31. The summed E-state index contributed by atoms with van der Waals surface area (Å²) in [4.78, 5) is 7.29. The average Bonchev–Trinajstić information content (AvgIpc) is 3.25. The predicted molar refractivity (Wildman–Crippen MR) is 127 cm³/mol. The Morgan fingerprint density at radius 3 is 2.32 bits per heavy atom. The number of aryl methyl sites for hydroxylation is 2. The van der Waals surface area contributed by atoms with Crippen molar-refractivity contribution < 1.29 is 8.42 Å². The van der Waals surface area contributed by atoms with E-state index in [1.165, 1.54) is 30.2 Å². The van der Waals surface area contributed by atoms with E-state index in [-0.39, 0.29) is 0 Å². The summed E-state index contributed by atoms with van der Waals surface area (Å²) in [6, 6.07) is 14.5. The van der Waals surface area contributed by atoms with Gasteiger partial charge >= 0.3 is 0 Å². The maximum atomic E-state index is 11.8. The molecule has 0 aliphatic carbocycles. The lowest BCUT2D eigenvalue weighted by Crippen LogP contribution is -2.42. The molecule has 7 heteroatoms. The number of sulfone groups is 1. The largest absolute Gasteiger partial charge is 0.354 e. The summed E-state index contributed by atoms with van der Waals surface area (Å²) in [5.74, 6) is 0.737. The number of guanidine groups is 1. The molecule has 6 nitrogen and oxygen atoms in total. The minimum absolute atomic E-state index is 0.304. The van der Waals surface area contributed by atoms with Crippen molar-refractivity contribution in [2.75, 3.05) is 32.9 Å². The number of hydrogen-bond donors (Lipinski definition) is 2. The van der Waals surface area contributed by atoms with Crippen LogP contribution < -0.4 is 10.6 Å². The molecular weight excluding hydrogens is 408 g/mol. The number of likely N-dealkylation sites (tertiary alicyclic amines) is 1. The molecule has 2 aromatic carbocycles. The van der Waals surface area contributed by atoms with Crippen molar-refractivity contribution in [3.8, 4) is 0 Å². The third-order valence-electron chi connectivity index (χ3n) is 5.83. The van der Waals surface area contributed by atoms with Gasteiger partial charge in [-0.15, -0.1) is 0 Å². The van der Waals surface area contributed by atoms with Gasteiger partial charge < -0.3 is 10.6 Å². The molecule has 1 heterocycles. The first-order chi connectivity index (χ1) is 14.8. The van der Waals surface area contributed by atoms with E-state index < -0.39 is 9.84 Å². The SMILES string of the molecule is CN=C(NCc1ccc(S(C)(=O)=O)c(C)c1)NCC(c1ccc(C)cc1)N1CCCC1. The lowest BCUT2D eigenvalue weighted by molar-refractivity contribution is 0.245. The van der Waals surface area contributed by atoms with Gasteiger partial charge in [0.15, 0.2) is 15.8 Å². The third-order valence-corrected chi connectivity index (χ3v) is 7.09. The molecule has 168 valence electrons. The molecule has 0 amide bonds. The maximum Gasteiger partial charge on any atom is 0.191 e. The zero-order valence-electron chi connectivity index (χ0n) is 19.0. The first kappa shape index (κ1) is 23.3. The highest BCUT2D eigenvalue weighted by atomic mass is 32.2. The summed E-state index contributed by atoms with van der Waals surface area (Å²) in [5, 5.41) is 6.83. The van der Waals surface area contributed by atoms with Gasteiger partial charge in [0.2, 0.25) is 0 Å². The van der Waals surface area contributed by atoms with Crippen LogP contribution in [0.4, 0.5) is 0 Å². The minimum Gasteiger partial charge on any atom is -0.354 e. The van der Waals surface area contributed by atoms with Crippen LogP contribution in [-0.2, 0) is 16.4 Å². The van der Waals surface area contributed by atoms with E-state index in [1.54, 1.807) is 13.1 Å². The van der Waals surface area contributed by atoms with Crippen molar-refractivity contribution in [1.82, 2.24) is 15.5 Å². The monoisotopic (exact) mass is 442 g/mol. The number of hydrogen-bond acceptors (Lipinski definition) is 4. The molecule has 0 bridgehead atoms. The average molecular weight is 443 g/mol. The van der Waals surface area contributed by atoms with Crippen LogP contribution in [0.3, 0.4) is 0 Å². The second-order valence-corrected chi connectivity index (χ2v) is 10.3. The van der Waals surface area contributed by atoms with Crippen molar-refractivity contribution in [1.29, 1.82) is 0 Å². The van der Waals surface area contributed by atoms with Gasteiger partial charge in [-0.1, -0.05) is 42.0 Å². The van der Waals surface area contributed by atoms with E-state index >= 15 is 0 Å². The summed E-state index contributed by atoms with van der Waals surface area (Å²) < 4.78 is 23.6. The molecule has 1 aliphatic heterocycles. The van der Waals surface area contributed by atoms with Gasteiger partial charge in [-0.25, -0.2) is 8.42 Å². The van der Waals surface area contributed by atoms with Gasteiger partial charge in [0.1, 0.15) is 0 Å². The summed E-state index contributed by atoms with van der Waals surface area (Å²) in [7, 11) is -1.43. The molecule has 1 unspecified atom stereocenters. The number of aliphatic imine (C=N–C) groups is 1. The lowest BCUT2D eigenvalue weighted by atomic mass is 10.0. The van der Waals surface area contributed by atoms with Crippen LogP contribution in [0.2, 0.25) is 0 Å². The Kier molecular flexibility index (Phi) is 7.73. The standard InChI is InChI=1S/C24H34N4O2S/c1-18-7-10-21(11-8-18)22(28-13-5-6-14-28)17-27-24(25-3)26-16-20-9-12-23(19(2)15-20)31(4,29)30/h7-12,15,22H,5-6,13-14,16-17H2,1-4H3,(H2,25,26,27). The zero-order valence-corrected chi connectivity index (χ0v) is 19.8. The summed E-state index contributed by atoms with van der Waals surface area (Å²) in [6.45, 7) is 7.53. The quantitative estimate of drug-likeness (QED) is 0.509. The van der Waals surface area contributed by atoms with E-state index in [9.17, 15) is 8.42 Å². The Morgan fingerprint density at radius 1 is 1.06 bits per heavy atom. The van der Waals surface area contributed by atoms with Crippen LogP contribution in [-0.4, -0.2) is 52.2 Å². The molecule has 1 atom stereocenters. The molecule has 0 spiro atoms. The Balaban J connectivity index is 1.63. The van der Waals surface area contributed by atoms with Gasteiger partial charge in [-0.05, 0) is 62.5 Å². The van der Waals surface area contributed by atoms with Gasteiger partial charge in [-0.3, -0.25) is 9.89 Å². The molecule has 1 fully saturated rings. The molecule has 1 saturated heterocycles. The van der Waals surface area contributed by atoms with E-state index in [2.05, 4.69) is 51.7 Å². The smallest absolute Gasteiger partial charge is 0.191 e. The van der Waals surface area contributed by atoms with E-state index in [4.69, 9.17) is 0 Å². The fourth-order valence-electron chi connectivity index (χ4n) is 4.14. The van der Waals surface area contributed by atoms with E-state index in [1.807, 2.05) is 19.1 Å². The van der Waals surface area contributed by atoms with Crippen molar-refractivity contribution >= 4 is 15.8 Å². The predicted octanol–water partition coefficient (Wildman–Crippen LogP) is 3.21. The van der Waals surface area contributed by atoms with Crippen LogP contribution in [0.1, 0.15) is 41.1 Å². The van der Waals surface area contributed by atoms with Gasteiger partial charge in [-0.2, -0.15) is 0 Å². The van der Waals surface area contributed by atoms with Gasteiger partial charge in [0, 0.05) is 26.4 Å². The topological polar surface area (TPSA) is 73.8 Å². The Bertz CT molecular complexity index is 1010. The van der Waals surface area contributed by atoms with Crippen molar-refractivity contribution in [3.05, 3.63) is 64.7 Å². The summed E-state index contributed by atoms with van der Waals surface area (Å²) in [5.41, 5.74) is 4.37. The van der Waals surface area contributed by atoms with Crippen molar-refractivity contribution in [2.24, 2.45) is 4.99 Å². The molecule has 0 radical (unpaired) electrons. The van der Waals surface area contributed by atoms with Gasteiger partial charge in [0.05, 0.1) is 10.9 Å². The van der Waals surface area contributed by atoms with Crippen LogP contribution in [0.15, 0.2) is 52.4 Å². The van der Waals surface area contributed by atoms with Crippen molar-refractivity contribution in [2.45, 2.75) is 44.2 Å². The number of rotatable bonds is 7. The molecule has 2 aromatic rings. The molecule has 0 aromatic heterocycles. The van der Waals surface area contributed by atoms with Crippen LogP contribution in [0.5, 0.6) is 0 Å². The molecule has 0 saturated carbocycles. The normalized spacial score (nSPS) is 16.3. The maximum absolute atomic E-state index is 11.8. The number of nitrogens with one attached hydrogen (secondary N) is 2. The highest BCUT2D eigenvalue weighted by Gasteiger charge is 2.23. The molecule has 3 rings (SSSR count). The lowest BCUT2D eigenvalue weighted by Gasteiger charge is -2.29. The highest BCUT2D eigenvalue weighted by molar-refractivity contribution is 7.90. The second kappa shape index (κ2) is 10.3. The first-order valence-corrected chi connectivity index (χ1v) is 12.7. The van der Waals surface area contributed by atoms with Crippen LogP contribution in [0.25, 0.3) is 0 Å². The van der Waals surface area contributed by atoms with Gasteiger partial charge in [0.25, 0.3) is 0 Å². The molecule has 1 aliphatic rings. The Labute approximate surface area is 186 Å². The van der Waals surface area contributed by atoms with Crippen LogP contribution in [0, 0.1) is 13.8 Å². The van der Waals surface area contributed by atoms with E-state index in [0.717, 1.165) is 36.7 Å². The second-order valence-electron chi connectivity index (χ2n) is 8.35. The molecular formula is C24H34N4O2S. The molecule has 2 N–H and O–H groups in total. The Morgan fingerprint density at radius 2 is 1.74 bits per heavy atom. The highest BCUT2D eigenvalue weighted by Crippen LogP contribution is 2.25. The number of benzene rings is 2. The van der Waals surface area contributed by atoms with Crippen LogP contribution >= 0.6 is 0 Å². The zero-order chi connectivity index (χ0) is 22.4. The summed E-state index contributed by atoms with van der Waals surface area (Å²) >= 11 is 0. The van der Waals surface area contributed by atoms with E-state index in [0.29, 0.717) is 17.5 Å². The summed E-state index contributed by atoms with van der Waals surface area (Å²) in [6.07, 6.45) is 3.74. The number of nitrogens with zero attached hydrogens (tertiary/aromatic N) is 2. The van der Waals surface area contributed by atoms with Crippen molar-refractivity contribution in [3.63, 3.8) is 0 Å². The minimum atomic E-state index is -3.20. The Hall–Kier alpha value is -2.38.